The summed E-state index contributed by atoms with van der Waals surface area (Å²) in [5.74, 6) is 0. The van der Waals surface area contributed by atoms with Gasteiger partial charge in [0, 0.05) is 23.7 Å². The van der Waals surface area contributed by atoms with Crippen LogP contribution in [0.1, 0.15) is 24.3 Å². The molecule has 3 aromatic carbocycles. The molecule has 2 aromatic heterocycles. The predicted molar refractivity (Wildman–Crippen MR) is 164 cm³/mol. The predicted octanol–water partition coefficient (Wildman–Crippen LogP) is 3.28. The number of nitrogens with one attached hydrogen (secondary N) is 1. The van der Waals surface area contributed by atoms with E-state index >= 15 is 0 Å². The molecule has 5 atom stereocenters. The second-order valence-corrected chi connectivity index (χ2v) is 15.0. The zero-order valence-corrected chi connectivity index (χ0v) is 26.8. The van der Waals surface area contributed by atoms with Crippen LogP contribution in [0.15, 0.2) is 76.6 Å². The van der Waals surface area contributed by atoms with E-state index in [9.17, 15) is 33.1 Å². The fraction of sp³-hybridized carbons (Fsp3) is 0.231. The van der Waals surface area contributed by atoms with Crippen molar-refractivity contribution >= 4 is 45.0 Å². The number of H-pyrrole nitrogens is 1. The minimum atomic E-state index is -5.78. The summed E-state index contributed by atoms with van der Waals surface area (Å²) >= 11 is 0. The van der Waals surface area contributed by atoms with E-state index in [1.165, 1.54) is 24.0 Å². The molecular weight excluding hydrogens is 683 g/mol. The maximum Gasteiger partial charge on any atom is 0.490 e. The van der Waals surface area contributed by atoms with Gasteiger partial charge in [0.2, 0.25) is 0 Å². The van der Waals surface area contributed by atoms with Crippen LogP contribution >= 0.6 is 23.5 Å². The molecule has 0 amide bonds. The normalized spacial score (nSPS) is 21.2. The molecule has 1 fully saturated rings. The van der Waals surface area contributed by atoms with Crippen molar-refractivity contribution in [3.63, 3.8) is 0 Å². The van der Waals surface area contributed by atoms with Crippen molar-refractivity contribution in [2.45, 2.75) is 31.7 Å². The number of fused-ring (bicyclic) bond motifs is 3. The summed E-state index contributed by atoms with van der Waals surface area (Å²) in [6, 6.07) is 16.5. The lowest BCUT2D eigenvalue weighted by molar-refractivity contribution is -0.0317. The fourth-order valence-electron chi connectivity index (χ4n) is 5.51. The Balaban J connectivity index is 1.39. The summed E-state index contributed by atoms with van der Waals surface area (Å²) in [5.41, 5.74) is 0.0421. The first-order chi connectivity index (χ1) is 22.1. The molecule has 3 heterocycles. The Labute approximate surface area is 263 Å². The molecule has 5 aromatic rings. The largest absolute Gasteiger partial charge is 0.490 e. The van der Waals surface area contributed by atoms with Gasteiger partial charge in [-0.25, -0.2) is 23.2 Å². The molecule has 47 heavy (non-hydrogen) atoms. The van der Waals surface area contributed by atoms with E-state index in [2.05, 4.69) is 23.9 Å². The SMILES string of the molecule is Cc1cn([C@H]2C[C@H](n3nncc3-c3cc4ccccc4c4ccccc34)[C@@H](COP(=O)(O)OP(=O)(O)OP(=O)(O)O)O2)c(=O)[nH]c1=O. The highest BCUT2D eigenvalue weighted by Gasteiger charge is 2.44. The topological polar surface area (TPSA) is 255 Å². The van der Waals surface area contributed by atoms with Crippen LogP contribution in [-0.4, -0.2) is 56.8 Å². The number of aryl methyl sites for hydroxylation is 1. The average molecular weight is 709 g/mol. The summed E-state index contributed by atoms with van der Waals surface area (Å²) in [6.07, 6.45) is 0.517. The van der Waals surface area contributed by atoms with E-state index in [4.69, 9.17) is 19.0 Å². The van der Waals surface area contributed by atoms with Crippen LogP contribution < -0.4 is 11.2 Å². The minimum absolute atomic E-state index is 0.00229. The number of aromatic nitrogens is 5. The van der Waals surface area contributed by atoms with Gasteiger partial charge in [-0.05, 0) is 34.5 Å². The maximum absolute atomic E-state index is 12.7. The van der Waals surface area contributed by atoms with Crippen molar-refractivity contribution in [2.24, 2.45) is 0 Å². The maximum atomic E-state index is 12.7. The van der Waals surface area contributed by atoms with Gasteiger partial charge in [0.1, 0.15) is 12.3 Å². The third-order valence-electron chi connectivity index (χ3n) is 7.41. The van der Waals surface area contributed by atoms with Crippen molar-refractivity contribution in [1.82, 2.24) is 24.5 Å². The third kappa shape index (κ3) is 7.14. The molecule has 1 saturated heterocycles. The van der Waals surface area contributed by atoms with Gasteiger partial charge in [-0.15, -0.1) is 5.10 Å². The molecule has 2 unspecified atom stereocenters. The van der Waals surface area contributed by atoms with E-state index in [1.54, 1.807) is 0 Å². The fourth-order valence-corrected chi connectivity index (χ4v) is 8.54. The van der Waals surface area contributed by atoms with Crippen molar-refractivity contribution < 1.29 is 51.2 Å². The molecule has 5 N–H and O–H groups in total. The first-order valence-electron chi connectivity index (χ1n) is 13.7. The highest BCUT2D eigenvalue weighted by atomic mass is 31.3. The number of phosphoric ester groups is 1. The van der Waals surface area contributed by atoms with Crippen LogP contribution in [0, 0.1) is 6.92 Å². The lowest BCUT2D eigenvalue weighted by atomic mass is 9.95. The van der Waals surface area contributed by atoms with Crippen molar-refractivity contribution in [1.29, 1.82) is 0 Å². The number of aromatic amines is 1. The second kappa shape index (κ2) is 12.4. The highest BCUT2D eigenvalue weighted by molar-refractivity contribution is 7.66. The zero-order chi connectivity index (χ0) is 33.7. The summed E-state index contributed by atoms with van der Waals surface area (Å²) < 4.78 is 56.7. The van der Waals surface area contributed by atoms with Gasteiger partial charge in [-0.2, -0.15) is 8.62 Å². The van der Waals surface area contributed by atoms with Crippen molar-refractivity contribution in [2.75, 3.05) is 6.61 Å². The Kier molecular flexibility index (Phi) is 8.80. The van der Waals surface area contributed by atoms with E-state index in [0.29, 0.717) is 5.69 Å². The molecule has 248 valence electrons. The van der Waals surface area contributed by atoms with Crippen LogP contribution in [-0.2, 0) is 31.6 Å². The van der Waals surface area contributed by atoms with Gasteiger partial charge in [-0.1, -0.05) is 53.7 Å². The van der Waals surface area contributed by atoms with Crippen LogP contribution in [0.3, 0.4) is 0 Å². The molecule has 0 radical (unpaired) electrons. The summed E-state index contributed by atoms with van der Waals surface area (Å²) in [4.78, 5) is 64.3. The molecule has 1 aliphatic rings. The summed E-state index contributed by atoms with van der Waals surface area (Å²) in [5, 5.41) is 12.1. The Morgan fingerprint density at radius 1 is 0.957 bits per heavy atom. The van der Waals surface area contributed by atoms with Crippen molar-refractivity contribution in [3.8, 4) is 11.3 Å². The lowest BCUT2D eigenvalue weighted by Gasteiger charge is -2.22. The number of hydrogen-bond donors (Lipinski definition) is 5. The molecule has 0 saturated carbocycles. The monoisotopic (exact) mass is 709 g/mol. The van der Waals surface area contributed by atoms with Gasteiger partial charge in [0.25, 0.3) is 5.56 Å². The molecule has 21 heteroatoms. The summed E-state index contributed by atoms with van der Waals surface area (Å²) in [7, 11) is -16.9. The quantitative estimate of drug-likeness (QED) is 0.103. The number of hydrogen-bond acceptors (Lipinski definition) is 11. The van der Waals surface area contributed by atoms with Crippen LogP contribution in [0.25, 0.3) is 32.8 Å². The molecule has 0 spiro atoms. The van der Waals surface area contributed by atoms with E-state index in [-0.39, 0.29) is 12.0 Å². The number of rotatable bonds is 10. The number of nitrogens with zero attached hydrogens (tertiary/aromatic N) is 4. The molecular formula is C26H26N5O13P3. The zero-order valence-electron chi connectivity index (χ0n) is 24.1. The summed E-state index contributed by atoms with van der Waals surface area (Å²) in [6.45, 7) is 0.661. The third-order valence-corrected chi connectivity index (χ3v) is 11.2. The Hall–Kier alpha value is -3.63. The van der Waals surface area contributed by atoms with Crippen molar-refractivity contribution in [3.05, 3.63) is 93.4 Å². The number of ether oxygens (including phenoxy) is 1. The Morgan fingerprint density at radius 2 is 1.64 bits per heavy atom. The molecule has 1 aliphatic heterocycles. The van der Waals surface area contributed by atoms with E-state index < -0.39 is 59.7 Å². The minimum Gasteiger partial charge on any atom is -0.350 e. The number of phosphoric acid groups is 3. The highest BCUT2D eigenvalue weighted by Crippen LogP contribution is 2.66. The Bertz CT molecular complexity index is 2260. The van der Waals surface area contributed by atoms with Gasteiger partial charge >= 0.3 is 29.2 Å². The van der Waals surface area contributed by atoms with Gasteiger partial charge in [0.15, 0.2) is 0 Å². The van der Waals surface area contributed by atoms with Crippen LogP contribution in [0.4, 0.5) is 0 Å². The lowest BCUT2D eigenvalue weighted by Crippen LogP contribution is -2.33. The smallest absolute Gasteiger partial charge is 0.350 e. The molecule has 6 rings (SSSR count). The van der Waals surface area contributed by atoms with Gasteiger partial charge < -0.3 is 24.3 Å². The van der Waals surface area contributed by atoms with E-state index in [0.717, 1.165) is 31.7 Å². The second-order valence-electron chi connectivity index (χ2n) is 10.6. The number of benzene rings is 3. The molecule has 18 nitrogen and oxygen atoms in total. The van der Waals surface area contributed by atoms with Gasteiger partial charge in [-0.3, -0.25) is 18.9 Å². The molecule has 0 bridgehead atoms. The van der Waals surface area contributed by atoms with E-state index in [1.807, 2.05) is 54.6 Å². The Morgan fingerprint density at radius 3 is 2.36 bits per heavy atom. The molecule has 0 aliphatic carbocycles. The first-order valence-corrected chi connectivity index (χ1v) is 18.2. The standard InChI is InChI=1S/C26H26N5O13P3/c1-15-13-30(26(33)28-25(15)32)24-11-21(23(42-24)14-41-46(37,38)44-47(39,40)43-45(34,35)36)31-22(12-27-29-31)20-10-16-6-2-3-7-17(16)18-8-4-5-9-19(18)20/h2-10,12-13,21,23-24H,11,14H2,1H3,(H,37,38)(H,39,40)(H,28,32,33)(H2,34,35,36)/t21-,23+,24+/m0/s1. The van der Waals surface area contributed by atoms with Gasteiger partial charge in [0.05, 0.1) is 24.5 Å². The average Bonchev–Trinajstić information content (AvgIpc) is 3.63. The van der Waals surface area contributed by atoms with Crippen LogP contribution in [0.2, 0.25) is 0 Å². The first kappa shape index (κ1) is 33.3. The van der Waals surface area contributed by atoms with Crippen LogP contribution in [0.5, 0.6) is 0 Å².